The molecular weight excluding hydrogens is 222 g/mol. The van der Waals surface area contributed by atoms with E-state index in [4.69, 9.17) is 5.11 Å². The minimum atomic E-state index is 0. The molecule has 2 nitrogen and oxygen atoms in total. The van der Waals surface area contributed by atoms with Gasteiger partial charge in [-0.3, -0.25) is 0 Å². The summed E-state index contributed by atoms with van der Waals surface area (Å²) in [4.78, 5) is 0. The fraction of sp³-hybridized carbons (Fsp3) is 1.00. The molecule has 3 heteroatoms. The molecule has 0 atom stereocenters. The van der Waals surface area contributed by atoms with Gasteiger partial charge in [0.25, 0.3) is 0 Å². The number of aliphatic hydroxyl groups excluding tert-OH is 1. The van der Waals surface area contributed by atoms with E-state index in [1.54, 1.807) is 0 Å². The summed E-state index contributed by atoms with van der Waals surface area (Å²) >= 11 is 0. The smallest absolute Gasteiger partial charge is 0.179 e. The lowest BCUT2D eigenvalue weighted by Gasteiger charge is -2.26. The molecule has 100 valence electrons. The van der Waals surface area contributed by atoms with Gasteiger partial charge in [0.15, 0.2) is 6.73 Å². The van der Waals surface area contributed by atoms with Crippen molar-refractivity contribution in [3.63, 3.8) is 0 Å². The molecule has 0 aliphatic heterocycles. The Morgan fingerprint density at radius 1 is 0.812 bits per heavy atom. The summed E-state index contributed by atoms with van der Waals surface area (Å²) in [6.07, 6.45) is 10.9. The van der Waals surface area contributed by atoms with Crippen molar-refractivity contribution in [1.29, 1.82) is 0 Å². The topological polar surface area (TPSA) is 20.2 Å². The van der Waals surface area contributed by atoms with Crippen LogP contribution in [0.15, 0.2) is 0 Å². The second-order valence-corrected chi connectivity index (χ2v) is 5.28. The molecule has 0 bridgehead atoms. The second-order valence-electron chi connectivity index (χ2n) is 5.28. The average Bonchev–Trinajstić information content (AvgIpc) is 2.22. The predicted octanol–water partition coefficient (Wildman–Crippen LogP) is 0.157. The minimum Gasteiger partial charge on any atom is -1.00 e. The SMILES string of the molecule is CCCCCCCCCC[N+](C)(C)CO.[Cl-]. The second kappa shape index (κ2) is 11.7. The molecule has 0 spiro atoms. The van der Waals surface area contributed by atoms with Gasteiger partial charge in [0.05, 0.1) is 20.6 Å². The maximum atomic E-state index is 9.07. The molecule has 0 rings (SSSR count). The first-order chi connectivity index (χ1) is 7.12. The number of hydrogen-bond acceptors (Lipinski definition) is 1. The van der Waals surface area contributed by atoms with Gasteiger partial charge in [-0.05, 0) is 12.8 Å². The quantitative estimate of drug-likeness (QED) is 0.333. The summed E-state index contributed by atoms with van der Waals surface area (Å²) < 4.78 is 0.746. The summed E-state index contributed by atoms with van der Waals surface area (Å²) in [6.45, 7) is 3.62. The molecule has 1 N–H and O–H groups in total. The third kappa shape index (κ3) is 12.3. The zero-order valence-corrected chi connectivity index (χ0v) is 12.1. The molecule has 0 fully saturated rings. The summed E-state index contributed by atoms with van der Waals surface area (Å²) in [5.74, 6) is 0. The highest BCUT2D eigenvalue weighted by atomic mass is 35.5. The molecule has 0 heterocycles. The lowest BCUT2D eigenvalue weighted by atomic mass is 10.1. The summed E-state index contributed by atoms with van der Waals surface area (Å²) in [7, 11) is 4.17. The minimum absolute atomic E-state index is 0. The van der Waals surface area contributed by atoms with E-state index in [1.165, 1.54) is 51.4 Å². The van der Waals surface area contributed by atoms with E-state index >= 15 is 0 Å². The average molecular weight is 252 g/mol. The van der Waals surface area contributed by atoms with Gasteiger partial charge >= 0.3 is 0 Å². The third-order valence-electron chi connectivity index (χ3n) is 3.00. The maximum Gasteiger partial charge on any atom is 0.179 e. The van der Waals surface area contributed by atoms with Gasteiger partial charge < -0.3 is 22.0 Å². The normalized spacial score (nSPS) is 11.2. The Bertz CT molecular complexity index is 140. The third-order valence-corrected chi connectivity index (χ3v) is 3.00. The highest BCUT2D eigenvalue weighted by Gasteiger charge is 2.11. The van der Waals surface area contributed by atoms with Crippen molar-refractivity contribution in [3.8, 4) is 0 Å². The Morgan fingerprint density at radius 3 is 1.69 bits per heavy atom. The van der Waals surface area contributed by atoms with E-state index in [-0.39, 0.29) is 19.1 Å². The van der Waals surface area contributed by atoms with Crippen LogP contribution in [0.4, 0.5) is 0 Å². The molecule has 0 aromatic rings. The van der Waals surface area contributed by atoms with Crippen molar-refractivity contribution in [3.05, 3.63) is 0 Å². The number of aliphatic hydroxyl groups is 1. The van der Waals surface area contributed by atoms with Crippen LogP contribution in [0.25, 0.3) is 0 Å². The monoisotopic (exact) mass is 251 g/mol. The molecule has 0 amide bonds. The van der Waals surface area contributed by atoms with Gasteiger partial charge in [0, 0.05) is 0 Å². The Labute approximate surface area is 108 Å². The van der Waals surface area contributed by atoms with E-state index in [9.17, 15) is 0 Å². The van der Waals surface area contributed by atoms with Crippen LogP contribution in [0.2, 0.25) is 0 Å². The molecule has 0 radical (unpaired) electrons. The lowest BCUT2D eigenvalue weighted by Crippen LogP contribution is -3.00. The van der Waals surface area contributed by atoms with Gasteiger partial charge in [-0.25, -0.2) is 0 Å². The molecule has 0 aromatic heterocycles. The number of halogens is 1. The molecule has 0 saturated heterocycles. The standard InChI is InChI=1S/C13H30NO.ClH/c1-4-5-6-7-8-9-10-11-12-14(2,3)13-15;/h15H,4-13H2,1-3H3;1H/q+1;/p-1. The number of rotatable bonds is 10. The zero-order chi connectivity index (χ0) is 11.6. The first-order valence-corrected chi connectivity index (χ1v) is 6.55. The Morgan fingerprint density at radius 2 is 1.25 bits per heavy atom. The van der Waals surface area contributed by atoms with Crippen molar-refractivity contribution >= 4 is 0 Å². The van der Waals surface area contributed by atoms with E-state index in [0.29, 0.717) is 0 Å². The van der Waals surface area contributed by atoms with Crippen LogP contribution < -0.4 is 12.4 Å². The fourth-order valence-corrected chi connectivity index (χ4v) is 1.74. The number of unbranched alkanes of at least 4 members (excludes halogenated alkanes) is 7. The summed E-state index contributed by atoms with van der Waals surface area (Å²) in [6, 6.07) is 0. The largest absolute Gasteiger partial charge is 1.00 e. The van der Waals surface area contributed by atoms with Crippen molar-refractivity contribution in [2.75, 3.05) is 27.4 Å². The van der Waals surface area contributed by atoms with Crippen molar-refractivity contribution in [2.45, 2.75) is 58.3 Å². The van der Waals surface area contributed by atoms with Crippen LogP contribution in [0.1, 0.15) is 58.3 Å². The molecule has 0 aliphatic carbocycles. The molecule has 16 heavy (non-hydrogen) atoms. The zero-order valence-electron chi connectivity index (χ0n) is 11.3. The highest BCUT2D eigenvalue weighted by Crippen LogP contribution is 2.09. The van der Waals surface area contributed by atoms with Crippen molar-refractivity contribution in [2.24, 2.45) is 0 Å². The van der Waals surface area contributed by atoms with Crippen molar-refractivity contribution < 1.29 is 22.0 Å². The van der Waals surface area contributed by atoms with Gasteiger partial charge in [-0.2, -0.15) is 0 Å². The van der Waals surface area contributed by atoms with E-state index in [0.717, 1.165) is 11.0 Å². The number of quaternary nitrogens is 1. The van der Waals surface area contributed by atoms with Crippen LogP contribution in [-0.4, -0.2) is 37.0 Å². The number of nitrogens with zero attached hydrogens (tertiary/aromatic N) is 1. The van der Waals surface area contributed by atoms with Crippen LogP contribution in [0, 0.1) is 0 Å². The molecular formula is C13H30ClNO. The highest BCUT2D eigenvalue weighted by molar-refractivity contribution is 4.45. The van der Waals surface area contributed by atoms with Gasteiger partial charge in [0.1, 0.15) is 0 Å². The Hall–Kier alpha value is 0.210. The van der Waals surface area contributed by atoms with Crippen molar-refractivity contribution in [1.82, 2.24) is 0 Å². The first kappa shape index (κ1) is 18.6. The van der Waals surface area contributed by atoms with E-state index in [2.05, 4.69) is 21.0 Å². The lowest BCUT2D eigenvalue weighted by molar-refractivity contribution is -0.909. The van der Waals surface area contributed by atoms with Crippen LogP contribution >= 0.6 is 0 Å². The van der Waals surface area contributed by atoms with Crippen LogP contribution in [0.3, 0.4) is 0 Å². The van der Waals surface area contributed by atoms with Crippen LogP contribution in [-0.2, 0) is 0 Å². The molecule has 0 aliphatic rings. The molecule has 0 unspecified atom stereocenters. The first-order valence-electron chi connectivity index (χ1n) is 6.55. The van der Waals surface area contributed by atoms with Gasteiger partial charge in [0.2, 0.25) is 0 Å². The van der Waals surface area contributed by atoms with Gasteiger partial charge in [-0.1, -0.05) is 45.4 Å². The van der Waals surface area contributed by atoms with E-state index in [1.807, 2.05) is 0 Å². The summed E-state index contributed by atoms with van der Waals surface area (Å²) in [5.41, 5.74) is 0. The van der Waals surface area contributed by atoms with Gasteiger partial charge in [-0.15, -0.1) is 0 Å². The van der Waals surface area contributed by atoms with E-state index < -0.39 is 0 Å². The Kier molecular flexibility index (Phi) is 13.6. The number of hydrogen-bond donors (Lipinski definition) is 1. The molecule has 0 saturated carbocycles. The molecule has 0 aromatic carbocycles. The Balaban J connectivity index is 0. The van der Waals surface area contributed by atoms with Crippen LogP contribution in [0.5, 0.6) is 0 Å². The maximum absolute atomic E-state index is 9.07. The fourth-order valence-electron chi connectivity index (χ4n) is 1.74. The predicted molar refractivity (Wildman–Crippen MR) is 66.7 cm³/mol. The summed E-state index contributed by atoms with van der Waals surface area (Å²) in [5, 5.41) is 9.07.